The number of amides is 2. The molecule has 0 saturated heterocycles. The average Bonchev–Trinajstić information content (AvgIpc) is 3.01. The van der Waals surface area contributed by atoms with Crippen molar-refractivity contribution < 1.29 is 23.1 Å². The van der Waals surface area contributed by atoms with E-state index in [1.165, 1.54) is 22.8 Å². The van der Waals surface area contributed by atoms with E-state index in [1.807, 2.05) is 0 Å². The number of hydrazine groups is 1. The zero-order valence-corrected chi connectivity index (χ0v) is 14.8. The van der Waals surface area contributed by atoms with Crippen LogP contribution in [0.1, 0.15) is 12.8 Å². The van der Waals surface area contributed by atoms with E-state index in [2.05, 4.69) is 10.9 Å². The van der Waals surface area contributed by atoms with Crippen molar-refractivity contribution in [1.82, 2.24) is 15.4 Å². The fourth-order valence-corrected chi connectivity index (χ4v) is 2.57. The van der Waals surface area contributed by atoms with Gasteiger partial charge in [-0.3, -0.25) is 25.0 Å². The van der Waals surface area contributed by atoms with Gasteiger partial charge in [-0.1, -0.05) is 24.3 Å². The SMILES string of the molecule is O=C(CCCn1c(=O)oc2ccccc21)NNC(=O)COc1ccccc1F. The number of carbonyl (C=O) groups excluding carboxylic acids is 2. The summed E-state index contributed by atoms with van der Waals surface area (Å²) in [6.45, 7) is -0.148. The Labute approximate surface area is 158 Å². The lowest BCUT2D eigenvalue weighted by molar-refractivity contribution is -0.130. The molecule has 1 heterocycles. The standard InChI is InChI=1S/C19H18FN3O5/c20-13-6-1-3-8-15(13)27-12-18(25)22-21-17(24)10-5-11-23-14-7-2-4-9-16(14)28-19(23)26/h1-4,6-9H,5,10-12H2,(H,21,24)(H,22,25). The van der Waals surface area contributed by atoms with Gasteiger partial charge < -0.3 is 9.15 Å². The molecule has 0 fully saturated rings. The molecule has 9 heteroatoms. The summed E-state index contributed by atoms with van der Waals surface area (Å²) < 4.78 is 25.0. The monoisotopic (exact) mass is 387 g/mol. The van der Waals surface area contributed by atoms with Crippen LogP contribution in [-0.2, 0) is 16.1 Å². The second-order valence-electron chi connectivity index (χ2n) is 5.91. The summed E-state index contributed by atoms with van der Waals surface area (Å²) in [6, 6.07) is 12.7. The summed E-state index contributed by atoms with van der Waals surface area (Å²) in [7, 11) is 0. The Morgan fingerprint density at radius 2 is 1.75 bits per heavy atom. The van der Waals surface area contributed by atoms with Gasteiger partial charge in [-0.2, -0.15) is 0 Å². The van der Waals surface area contributed by atoms with Gasteiger partial charge in [0.2, 0.25) is 5.91 Å². The van der Waals surface area contributed by atoms with Gasteiger partial charge in [-0.15, -0.1) is 0 Å². The number of carbonyl (C=O) groups is 2. The Morgan fingerprint density at radius 3 is 2.57 bits per heavy atom. The molecule has 2 N–H and O–H groups in total. The number of nitrogens with zero attached hydrogens (tertiary/aromatic N) is 1. The van der Waals surface area contributed by atoms with Crippen LogP contribution >= 0.6 is 0 Å². The largest absolute Gasteiger partial charge is 0.481 e. The van der Waals surface area contributed by atoms with Crippen LogP contribution in [-0.4, -0.2) is 23.0 Å². The number of ether oxygens (including phenoxy) is 1. The molecule has 0 spiro atoms. The lowest BCUT2D eigenvalue weighted by Crippen LogP contribution is -2.43. The fraction of sp³-hybridized carbons (Fsp3) is 0.211. The Balaban J connectivity index is 1.40. The number of aryl methyl sites for hydroxylation is 1. The van der Waals surface area contributed by atoms with Crippen molar-refractivity contribution in [2.45, 2.75) is 19.4 Å². The fourth-order valence-electron chi connectivity index (χ4n) is 2.57. The van der Waals surface area contributed by atoms with Gasteiger partial charge in [0.05, 0.1) is 5.52 Å². The van der Waals surface area contributed by atoms with Gasteiger partial charge in [-0.05, 0) is 30.7 Å². The molecule has 2 amide bonds. The van der Waals surface area contributed by atoms with Crippen molar-refractivity contribution in [2.24, 2.45) is 0 Å². The van der Waals surface area contributed by atoms with Crippen LogP contribution in [0.25, 0.3) is 11.1 Å². The predicted octanol–water partition coefficient (Wildman–Crippen LogP) is 1.74. The van der Waals surface area contributed by atoms with Crippen LogP contribution in [0.15, 0.2) is 57.7 Å². The summed E-state index contributed by atoms with van der Waals surface area (Å²) in [5.41, 5.74) is 5.57. The van der Waals surface area contributed by atoms with Crippen LogP contribution in [0.4, 0.5) is 4.39 Å². The Bertz CT molecular complexity index is 1040. The lowest BCUT2D eigenvalue weighted by atomic mass is 10.3. The minimum atomic E-state index is -0.631. The molecular weight excluding hydrogens is 369 g/mol. The zero-order chi connectivity index (χ0) is 19.9. The van der Waals surface area contributed by atoms with Crippen molar-refractivity contribution in [3.05, 3.63) is 64.9 Å². The van der Waals surface area contributed by atoms with E-state index in [4.69, 9.17) is 9.15 Å². The molecule has 0 saturated carbocycles. The molecule has 0 aliphatic rings. The van der Waals surface area contributed by atoms with E-state index in [0.717, 1.165) is 0 Å². The third kappa shape index (κ3) is 4.76. The molecule has 0 aliphatic carbocycles. The highest BCUT2D eigenvalue weighted by Gasteiger charge is 2.10. The number of oxazole rings is 1. The molecule has 2 aromatic carbocycles. The minimum absolute atomic E-state index is 0.0539. The first-order valence-electron chi connectivity index (χ1n) is 8.58. The number of rotatable bonds is 7. The molecule has 28 heavy (non-hydrogen) atoms. The number of hydrogen-bond donors (Lipinski definition) is 2. The molecule has 3 aromatic rings. The molecule has 1 aromatic heterocycles. The summed E-state index contributed by atoms with van der Waals surface area (Å²) in [5, 5.41) is 0. The smallest absolute Gasteiger partial charge is 0.419 e. The summed E-state index contributed by atoms with van der Waals surface area (Å²) in [6.07, 6.45) is 0.456. The number of nitrogens with one attached hydrogen (secondary N) is 2. The maximum Gasteiger partial charge on any atom is 0.419 e. The molecule has 8 nitrogen and oxygen atoms in total. The van der Waals surface area contributed by atoms with E-state index < -0.39 is 30.0 Å². The van der Waals surface area contributed by atoms with Crippen LogP contribution in [0.5, 0.6) is 5.75 Å². The molecule has 0 atom stereocenters. The molecule has 3 rings (SSSR count). The summed E-state index contributed by atoms with van der Waals surface area (Å²) >= 11 is 0. The third-order valence-corrected chi connectivity index (χ3v) is 3.90. The molecule has 146 valence electrons. The first-order chi connectivity index (χ1) is 13.5. The minimum Gasteiger partial charge on any atom is -0.481 e. The highest BCUT2D eigenvalue weighted by molar-refractivity contribution is 5.82. The van der Waals surface area contributed by atoms with E-state index in [0.29, 0.717) is 24.1 Å². The normalized spacial score (nSPS) is 10.6. The highest BCUT2D eigenvalue weighted by Crippen LogP contribution is 2.15. The van der Waals surface area contributed by atoms with Crippen LogP contribution in [0.2, 0.25) is 0 Å². The highest BCUT2D eigenvalue weighted by atomic mass is 19.1. The van der Waals surface area contributed by atoms with E-state index in [-0.39, 0.29) is 12.2 Å². The second-order valence-corrected chi connectivity index (χ2v) is 5.91. The molecular formula is C19H18FN3O5. The Kier molecular flexibility index (Phi) is 6.05. The first kappa shape index (κ1) is 19.2. The van der Waals surface area contributed by atoms with Crippen molar-refractivity contribution in [1.29, 1.82) is 0 Å². The number of benzene rings is 2. The van der Waals surface area contributed by atoms with Crippen molar-refractivity contribution in [3.63, 3.8) is 0 Å². The van der Waals surface area contributed by atoms with E-state index in [1.54, 1.807) is 30.3 Å². The molecule has 0 unspecified atom stereocenters. The van der Waals surface area contributed by atoms with Gasteiger partial charge in [0.25, 0.3) is 5.91 Å². The quantitative estimate of drug-likeness (QED) is 0.601. The van der Waals surface area contributed by atoms with Gasteiger partial charge in [0.1, 0.15) is 0 Å². The summed E-state index contributed by atoms with van der Waals surface area (Å²) in [4.78, 5) is 35.3. The van der Waals surface area contributed by atoms with Crippen LogP contribution in [0.3, 0.4) is 0 Å². The number of para-hydroxylation sites is 3. The topological polar surface area (TPSA) is 103 Å². The Morgan fingerprint density at radius 1 is 1.04 bits per heavy atom. The number of halogens is 1. The zero-order valence-electron chi connectivity index (χ0n) is 14.8. The number of aromatic nitrogens is 1. The van der Waals surface area contributed by atoms with Crippen molar-refractivity contribution >= 4 is 22.9 Å². The number of hydrogen-bond acceptors (Lipinski definition) is 5. The van der Waals surface area contributed by atoms with Gasteiger partial charge >= 0.3 is 5.76 Å². The molecule has 0 aliphatic heterocycles. The first-order valence-corrected chi connectivity index (χ1v) is 8.58. The van der Waals surface area contributed by atoms with Gasteiger partial charge in [-0.25, -0.2) is 9.18 Å². The van der Waals surface area contributed by atoms with E-state index >= 15 is 0 Å². The molecule has 0 radical (unpaired) electrons. The molecule has 0 bridgehead atoms. The van der Waals surface area contributed by atoms with Crippen molar-refractivity contribution in [2.75, 3.05) is 6.61 Å². The maximum atomic E-state index is 13.4. The second kappa shape index (κ2) is 8.85. The van der Waals surface area contributed by atoms with Gasteiger partial charge in [0, 0.05) is 13.0 Å². The van der Waals surface area contributed by atoms with Crippen LogP contribution < -0.4 is 21.3 Å². The van der Waals surface area contributed by atoms with Gasteiger partial charge in [0.15, 0.2) is 23.8 Å². The van der Waals surface area contributed by atoms with Crippen LogP contribution in [0, 0.1) is 5.82 Å². The van der Waals surface area contributed by atoms with Crippen molar-refractivity contribution in [3.8, 4) is 5.75 Å². The van der Waals surface area contributed by atoms with E-state index in [9.17, 15) is 18.8 Å². The average molecular weight is 387 g/mol. The summed E-state index contributed by atoms with van der Waals surface area (Å²) in [5.74, 6) is -2.18. The lowest BCUT2D eigenvalue weighted by Gasteiger charge is -2.09. The predicted molar refractivity (Wildman–Crippen MR) is 97.9 cm³/mol. The third-order valence-electron chi connectivity index (χ3n) is 3.90. The Hall–Kier alpha value is -3.62. The number of fused-ring (bicyclic) bond motifs is 1. The maximum absolute atomic E-state index is 13.4.